The van der Waals surface area contributed by atoms with Gasteiger partial charge in [0.1, 0.15) is 5.75 Å². The van der Waals surface area contributed by atoms with E-state index in [0.29, 0.717) is 0 Å². The van der Waals surface area contributed by atoms with E-state index in [9.17, 15) is 0 Å². The van der Waals surface area contributed by atoms with Crippen LogP contribution in [0.4, 0.5) is 0 Å². The molecule has 0 saturated carbocycles. The highest BCUT2D eigenvalue weighted by atomic mass is 127. The first-order valence-corrected chi connectivity index (χ1v) is 8.02. The fraction of sp³-hybridized carbons (Fsp3) is 0.286. The molecule has 3 nitrogen and oxygen atoms in total. The van der Waals surface area contributed by atoms with E-state index in [1.807, 2.05) is 32.0 Å². The van der Waals surface area contributed by atoms with E-state index in [-0.39, 0.29) is 12.1 Å². The van der Waals surface area contributed by atoms with Crippen LogP contribution in [0.25, 0.3) is 0 Å². The van der Waals surface area contributed by atoms with Crippen LogP contribution in [0.3, 0.4) is 0 Å². The van der Waals surface area contributed by atoms with E-state index < -0.39 is 0 Å². The molecule has 1 aromatic heterocycles. The normalized spacial score (nSPS) is 12.7. The number of rotatable bonds is 5. The van der Waals surface area contributed by atoms with E-state index in [4.69, 9.17) is 10.6 Å². The molecule has 2 rings (SSSR count). The van der Waals surface area contributed by atoms with Crippen LogP contribution in [0.2, 0.25) is 0 Å². The molecule has 5 heteroatoms. The van der Waals surface area contributed by atoms with E-state index in [2.05, 4.69) is 45.5 Å². The summed E-state index contributed by atoms with van der Waals surface area (Å²) in [6.45, 7) is 4.04. The first-order valence-electron chi connectivity index (χ1n) is 6.07. The molecule has 0 fully saturated rings. The van der Waals surface area contributed by atoms with Crippen LogP contribution < -0.4 is 16.0 Å². The Kier molecular flexibility index (Phi) is 5.20. The van der Waals surface area contributed by atoms with Gasteiger partial charge in [0.05, 0.1) is 15.0 Å². The van der Waals surface area contributed by atoms with E-state index in [0.717, 1.165) is 11.3 Å². The second kappa shape index (κ2) is 6.69. The number of nitrogens with one attached hydrogen (secondary N) is 1. The van der Waals surface area contributed by atoms with Crippen molar-refractivity contribution in [3.63, 3.8) is 0 Å². The lowest BCUT2D eigenvalue weighted by Gasteiger charge is -2.17. The number of hydrazine groups is 1. The predicted octanol–water partition coefficient (Wildman–Crippen LogP) is 3.69. The van der Waals surface area contributed by atoms with Gasteiger partial charge in [-0.1, -0.05) is 12.1 Å². The van der Waals surface area contributed by atoms with Gasteiger partial charge in [0.25, 0.3) is 0 Å². The van der Waals surface area contributed by atoms with Crippen LogP contribution >= 0.6 is 33.9 Å². The Hall–Kier alpha value is -0.630. The molecule has 102 valence electrons. The smallest absolute Gasteiger partial charge is 0.120 e. The maximum Gasteiger partial charge on any atom is 0.120 e. The fourth-order valence-electron chi connectivity index (χ4n) is 1.90. The number of hydrogen-bond acceptors (Lipinski definition) is 4. The maximum absolute atomic E-state index is 5.72. The molecule has 0 spiro atoms. The van der Waals surface area contributed by atoms with Crippen molar-refractivity contribution in [2.45, 2.75) is 26.0 Å². The molecule has 3 N–H and O–H groups in total. The van der Waals surface area contributed by atoms with Crippen molar-refractivity contribution in [2.75, 3.05) is 0 Å². The summed E-state index contributed by atoms with van der Waals surface area (Å²) < 4.78 is 6.98. The van der Waals surface area contributed by atoms with Crippen molar-refractivity contribution in [3.8, 4) is 5.75 Å². The first-order chi connectivity index (χ1) is 9.10. The molecule has 0 saturated heterocycles. The Labute approximate surface area is 131 Å². The largest absolute Gasteiger partial charge is 0.491 e. The third kappa shape index (κ3) is 3.92. The summed E-state index contributed by atoms with van der Waals surface area (Å²) in [6.07, 6.45) is 0.168. The van der Waals surface area contributed by atoms with Crippen molar-refractivity contribution in [2.24, 2.45) is 5.84 Å². The minimum Gasteiger partial charge on any atom is -0.491 e. The molecule has 0 aliphatic carbocycles. The van der Waals surface area contributed by atoms with Crippen molar-refractivity contribution in [1.82, 2.24) is 5.43 Å². The Bertz CT molecular complexity index is 542. The van der Waals surface area contributed by atoms with Gasteiger partial charge in [0.2, 0.25) is 0 Å². The molecule has 0 amide bonds. The number of hydrogen-bond donors (Lipinski definition) is 2. The number of halogens is 1. The second-order valence-corrected chi connectivity index (χ2v) is 7.33. The Morgan fingerprint density at radius 3 is 2.63 bits per heavy atom. The molecular formula is C14H17IN2OS. The minimum atomic E-state index is -0.00419. The topological polar surface area (TPSA) is 47.3 Å². The number of benzene rings is 1. The van der Waals surface area contributed by atoms with Crippen LogP contribution in [0.5, 0.6) is 5.75 Å². The zero-order valence-corrected chi connectivity index (χ0v) is 13.9. The highest BCUT2D eigenvalue weighted by Crippen LogP contribution is 2.28. The number of nitrogens with two attached hydrogens (primary N) is 1. The van der Waals surface area contributed by atoms with Gasteiger partial charge in [-0.25, -0.2) is 5.43 Å². The lowest BCUT2D eigenvalue weighted by molar-refractivity contribution is 0.242. The quantitative estimate of drug-likeness (QED) is 0.467. The molecular weight excluding hydrogens is 371 g/mol. The molecule has 1 aromatic carbocycles. The predicted molar refractivity (Wildman–Crippen MR) is 88.4 cm³/mol. The lowest BCUT2D eigenvalue weighted by Crippen LogP contribution is -2.28. The molecule has 1 heterocycles. The van der Waals surface area contributed by atoms with Crippen LogP contribution in [-0.4, -0.2) is 6.10 Å². The molecule has 1 unspecified atom stereocenters. The first kappa shape index (κ1) is 14.8. The molecule has 0 aliphatic heterocycles. The minimum absolute atomic E-state index is 0.00419. The van der Waals surface area contributed by atoms with Crippen molar-refractivity contribution < 1.29 is 4.74 Å². The van der Waals surface area contributed by atoms with Gasteiger partial charge in [-0.3, -0.25) is 5.84 Å². The summed E-state index contributed by atoms with van der Waals surface area (Å²) in [5.41, 5.74) is 5.16. The van der Waals surface area contributed by atoms with Crippen molar-refractivity contribution >= 4 is 33.9 Å². The van der Waals surface area contributed by atoms with E-state index in [1.165, 1.54) is 8.45 Å². The van der Waals surface area contributed by atoms with Gasteiger partial charge in [-0.2, -0.15) is 0 Å². The summed E-state index contributed by atoms with van der Waals surface area (Å²) in [7, 11) is 0. The number of ether oxygens (including phenoxy) is 1. The molecule has 0 radical (unpaired) electrons. The van der Waals surface area contributed by atoms with E-state index >= 15 is 0 Å². The third-order valence-corrected chi connectivity index (χ3v) is 4.46. The van der Waals surface area contributed by atoms with Crippen LogP contribution in [0.15, 0.2) is 35.7 Å². The molecule has 1 atom stereocenters. The van der Waals surface area contributed by atoms with Crippen molar-refractivity contribution in [1.29, 1.82) is 0 Å². The fourth-order valence-corrected chi connectivity index (χ4v) is 3.30. The molecule has 0 aliphatic rings. The summed E-state index contributed by atoms with van der Waals surface area (Å²) in [4.78, 5) is 0. The van der Waals surface area contributed by atoms with Gasteiger partial charge in [-0.05, 0) is 71.1 Å². The highest BCUT2D eigenvalue weighted by molar-refractivity contribution is 14.1. The zero-order valence-electron chi connectivity index (χ0n) is 10.9. The van der Waals surface area contributed by atoms with Crippen LogP contribution in [0.1, 0.15) is 31.0 Å². The molecule has 2 aromatic rings. The summed E-state index contributed by atoms with van der Waals surface area (Å²) in [5, 5.41) is 2.13. The summed E-state index contributed by atoms with van der Waals surface area (Å²) >= 11 is 4.04. The van der Waals surface area contributed by atoms with Crippen molar-refractivity contribution in [3.05, 3.63) is 49.7 Å². The Balaban J connectivity index is 2.28. The van der Waals surface area contributed by atoms with E-state index in [1.54, 1.807) is 11.3 Å². The number of thiophene rings is 1. The molecule has 19 heavy (non-hydrogen) atoms. The van der Waals surface area contributed by atoms with Gasteiger partial charge >= 0.3 is 0 Å². The summed E-state index contributed by atoms with van der Waals surface area (Å²) in [5.74, 6) is 6.58. The summed E-state index contributed by atoms with van der Waals surface area (Å²) in [6, 6.07) is 10.2. The SMILES string of the molecule is CC(C)Oc1cccc(C(NN)c2csc(I)c2)c1. The second-order valence-electron chi connectivity index (χ2n) is 4.52. The van der Waals surface area contributed by atoms with Gasteiger partial charge in [0, 0.05) is 0 Å². The maximum atomic E-state index is 5.72. The Morgan fingerprint density at radius 1 is 1.26 bits per heavy atom. The van der Waals surface area contributed by atoms with Gasteiger partial charge in [0.15, 0.2) is 0 Å². The monoisotopic (exact) mass is 388 g/mol. The third-order valence-electron chi connectivity index (χ3n) is 2.65. The van der Waals surface area contributed by atoms with Gasteiger partial charge in [-0.15, -0.1) is 11.3 Å². The average molecular weight is 388 g/mol. The van der Waals surface area contributed by atoms with Gasteiger partial charge < -0.3 is 4.74 Å². The average Bonchev–Trinajstić information content (AvgIpc) is 2.76. The van der Waals surface area contributed by atoms with Crippen LogP contribution in [-0.2, 0) is 0 Å². The molecule has 0 bridgehead atoms. The standard InChI is InChI=1S/C14H17IN2OS/c1-9(2)18-12-5-3-4-10(6-12)14(17-16)11-7-13(15)19-8-11/h3-9,14,17H,16H2,1-2H3. The highest BCUT2D eigenvalue weighted by Gasteiger charge is 2.14. The Morgan fingerprint density at radius 2 is 2.05 bits per heavy atom. The lowest BCUT2D eigenvalue weighted by atomic mass is 10.0. The van der Waals surface area contributed by atoms with Crippen LogP contribution in [0, 0.1) is 2.88 Å². The zero-order chi connectivity index (χ0) is 13.8.